The summed E-state index contributed by atoms with van der Waals surface area (Å²) in [6.45, 7) is 0.705. The first-order valence-corrected chi connectivity index (χ1v) is 6.87. The number of hydrogen-bond donors (Lipinski definition) is 0. The van der Waals surface area contributed by atoms with Gasteiger partial charge >= 0.3 is 5.97 Å². The Bertz CT molecular complexity index is 870. The highest BCUT2D eigenvalue weighted by Crippen LogP contribution is 2.19. The number of hydrogen-bond acceptors (Lipinski definition) is 3. The molecule has 108 valence electrons. The maximum atomic E-state index is 11.4. The van der Waals surface area contributed by atoms with Crippen LogP contribution in [-0.2, 0) is 11.3 Å². The fourth-order valence-corrected chi connectivity index (χ4v) is 2.47. The molecule has 0 radical (unpaired) electrons. The van der Waals surface area contributed by atoms with E-state index < -0.39 is 0 Å². The van der Waals surface area contributed by atoms with Crippen molar-refractivity contribution < 1.29 is 9.53 Å². The molecular weight excluding hydrogens is 276 g/mol. The van der Waals surface area contributed by atoms with Crippen molar-refractivity contribution in [1.29, 1.82) is 5.26 Å². The molecule has 22 heavy (non-hydrogen) atoms. The summed E-state index contributed by atoms with van der Waals surface area (Å²) in [6, 6.07) is 17.2. The first kappa shape index (κ1) is 13.9. The van der Waals surface area contributed by atoms with E-state index in [1.165, 1.54) is 7.11 Å². The van der Waals surface area contributed by atoms with Crippen LogP contribution in [-0.4, -0.2) is 17.6 Å². The number of carbonyl (C=O) groups excluding carboxylic acids is 1. The lowest BCUT2D eigenvalue weighted by atomic mass is 10.1. The number of carbonyl (C=O) groups is 1. The zero-order valence-electron chi connectivity index (χ0n) is 12.1. The highest BCUT2D eigenvalue weighted by atomic mass is 16.5. The number of nitrogens with zero attached hydrogens (tertiary/aromatic N) is 2. The molecule has 4 heteroatoms. The van der Waals surface area contributed by atoms with E-state index >= 15 is 0 Å². The van der Waals surface area contributed by atoms with Gasteiger partial charge in [0.05, 0.1) is 24.3 Å². The number of benzene rings is 2. The van der Waals surface area contributed by atoms with Gasteiger partial charge in [0.15, 0.2) is 0 Å². The van der Waals surface area contributed by atoms with Crippen molar-refractivity contribution in [3.8, 4) is 6.07 Å². The zero-order valence-corrected chi connectivity index (χ0v) is 12.1. The Morgan fingerprint density at radius 2 is 1.95 bits per heavy atom. The molecule has 0 saturated heterocycles. The summed E-state index contributed by atoms with van der Waals surface area (Å²) in [5, 5.41) is 9.98. The van der Waals surface area contributed by atoms with Crippen LogP contribution in [0, 0.1) is 11.3 Å². The van der Waals surface area contributed by atoms with Gasteiger partial charge in [-0.25, -0.2) is 4.79 Å². The minimum atomic E-state index is -0.331. The van der Waals surface area contributed by atoms with Crippen molar-refractivity contribution in [3.05, 3.63) is 71.4 Å². The Morgan fingerprint density at radius 1 is 1.18 bits per heavy atom. The van der Waals surface area contributed by atoms with Crippen LogP contribution < -0.4 is 0 Å². The van der Waals surface area contributed by atoms with E-state index in [1.54, 1.807) is 12.1 Å². The van der Waals surface area contributed by atoms with Crippen LogP contribution in [0.15, 0.2) is 54.7 Å². The molecule has 0 N–H and O–H groups in total. The zero-order chi connectivity index (χ0) is 15.5. The number of ether oxygens (including phenoxy) is 1. The molecule has 0 amide bonds. The van der Waals surface area contributed by atoms with Crippen LogP contribution in [0.5, 0.6) is 0 Å². The predicted octanol–water partition coefficient (Wildman–Crippen LogP) is 3.35. The average molecular weight is 290 g/mol. The minimum absolute atomic E-state index is 0.331. The van der Waals surface area contributed by atoms with Crippen LogP contribution in [0.25, 0.3) is 10.9 Å². The third-order valence-electron chi connectivity index (χ3n) is 3.63. The van der Waals surface area contributed by atoms with Crippen LogP contribution in [0.2, 0.25) is 0 Å². The summed E-state index contributed by atoms with van der Waals surface area (Å²) in [7, 11) is 1.37. The Balaban J connectivity index is 1.87. The Kier molecular flexibility index (Phi) is 3.63. The lowest BCUT2D eigenvalue weighted by molar-refractivity contribution is 0.0600. The molecule has 1 aromatic heterocycles. The minimum Gasteiger partial charge on any atom is -0.465 e. The van der Waals surface area contributed by atoms with Gasteiger partial charge in [0, 0.05) is 23.6 Å². The molecule has 2 aromatic carbocycles. The number of fused-ring (bicyclic) bond motifs is 1. The van der Waals surface area contributed by atoms with Gasteiger partial charge in [-0.05, 0) is 42.0 Å². The van der Waals surface area contributed by atoms with E-state index in [0.29, 0.717) is 17.7 Å². The molecule has 3 aromatic rings. The number of rotatable bonds is 3. The molecular formula is C18H14N2O2. The highest BCUT2D eigenvalue weighted by molar-refractivity contribution is 5.89. The number of aromatic nitrogens is 1. The van der Waals surface area contributed by atoms with Crippen molar-refractivity contribution in [3.63, 3.8) is 0 Å². The lowest BCUT2D eigenvalue weighted by Crippen LogP contribution is -2.02. The second-order valence-corrected chi connectivity index (χ2v) is 5.02. The van der Waals surface area contributed by atoms with Crippen molar-refractivity contribution in [2.75, 3.05) is 7.11 Å². The van der Waals surface area contributed by atoms with E-state index in [4.69, 9.17) is 10.00 Å². The van der Waals surface area contributed by atoms with Crippen LogP contribution >= 0.6 is 0 Å². The first-order valence-electron chi connectivity index (χ1n) is 6.87. The fourth-order valence-electron chi connectivity index (χ4n) is 2.47. The Morgan fingerprint density at radius 3 is 2.64 bits per heavy atom. The summed E-state index contributed by atoms with van der Waals surface area (Å²) in [6.07, 6.45) is 2.00. The summed E-state index contributed by atoms with van der Waals surface area (Å²) in [5.74, 6) is -0.331. The summed E-state index contributed by atoms with van der Waals surface area (Å²) >= 11 is 0. The van der Waals surface area contributed by atoms with E-state index in [-0.39, 0.29) is 5.97 Å². The topological polar surface area (TPSA) is 55.0 Å². The maximum absolute atomic E-state index is 11.4. The standard InChI is InChI=1S/C18H14N2O2/c1-22-18(21)15-5-2-13(3-6-15)12-20-9-8-16-10-14(11-19)4-7-17(16)20/h2-10H,12H2,1H3. The molecule has 0 spiro atoms. The molecule has 1 heterocycles. The van der Waals surface area contributed by atoms with E-state index in [0.717, 1.165) is 16.5 Å². The smallest absolute Gasteiger partial charge is 0.337 e. The number of nitriles is 1. The van der Waals surface area contributed by atoms with E-state index in [2.05, 4.69) is 10.6 Å². The molecule has 0 unspecified atom stereocenters. The SMILES string of the molecule is COC(=O)c1ccc(Cn2ccc3cc(C#N)ccc32)cc1. The van der Waals surface area contributed by atoms with Gasteiger partial charge in [0.2, 0.25) is 0 Å². The monoisotopic (exact) mass is 290 g/mol. The maximum Gasteiger partial charge on any atom is 0.337 e. The third kappa shape index (κ3) is 2.57. The van der Waals surface area contributed by atoms with Gasteiger partial charge < -0.3 is 9.30 Å². The molecule has 0 bridgehead atoms. The Labute approximate surface area is 128 Å². The fraction of sp³-hybridized carbons (Fsp3) is 0.111. The highest BCUT2D eigenvalue weighted by Gasteiger charge is 2.06. The number of methoxy groups -OCH3 is 1. The van der Waals surface area contributed by atoms with Gasteiger partial charge in [-0.2, -0.15) is 5.26 Å². The molecule has 0 fully saturated rings. The van der Waals surface area contributed by atoms with Crippen LogP contribution in [0.3, 0.4) is 0 Å². The second kappa shape index (κ2) is 5.74. The van der Waals surface area contributed by atoms with Crippen molar-refractivity contribution in [2.24, 2.45) is 0 Å². The largest absolute Gasteiger partial charge is 0.465 e. The summed E-state index contributed by atoms with van der Waals surface area (Å²) in [4.78, 5) is 11.4. The van der Waals surface area contributed by atoms with Crippen molar-refractivity contribution >= 4 is 16.9 Å². The summed E-state index contributed by atoms with van der Waals surface area (Å²) < 4.78 is 6.81. The van der Waals surface area contributed by atoms with Gasteiger partial charge in [-0.15, -0.1) is 0 Å². The quantitative estimate of drug-likeness (QED) is 0.695. The van der Waals surface area contributed by atoms with Crippen molar-refractivity contribution in [2.45, 2.75) is 6.54 Å². The first-order chi connectivity index (χ1) is 10.7. The Hall–Kier alpha value is -3.06. The van der Waals surface area contributed by atoms with Gasteiger partial charge in [-0.1, -0.05) is 12.1 Å². The van der Waals surface area contributed by atoms with Crippen molar-refractivity contribution in [1.82, 2.24) is 4.57 Å². The average Bonchev–Trinajstić information content (AvgIpc) is 2.97. The van der Waals surface area contributed by atoms with Gasteiger partial charge in [0.1, 0.15) is 0 Å². The predicted molar refractivity (Wildman–Crippen MR) is 83.5 cm³/mol. The molecule has 0 aliphatic heterocycles. The molecule has 0 atom stereocenters. The molecule has 0 saturated carbocycles. The van der Waals surface area contributed by atoms with Crippen LogP contribution in [0.4, 0.5) is 0 Å². The van der Waals surface area contributed by atoms with Gasteiger partial charge in [0.25, 0.3) is 0 Å². The summed E-state index contributed by atoms with van der Waals surface area (Å²) in [5.41, 5.74) is 3.38. The number of esters is 1. The molecule has 4 nitrogen and oxygen atoms in total. The molecule has 0 aliphatic carbocycles. The molecule has 0 aliphatic rings. The van der Waals surface area contributed by atoms with E-state index in [1.807, 2.05) is 42.6 Å². The third-order valence-corrected chi connectivity index (χ3v) is 3.63. The van der Waals surface area contributed by atoms with E-state index in [9.17, 15) is 4.79 Å². The molecule has 3 rings (SSSR count). The van der Waals surface area contributed by atoms with Crippen LogP contribution in [0.1, 0.15) is 21.5 Å². The second-order valence-electron chi connectivity index (χ2n) is 5.02. The lowest BCUT2D eigenvalue weighted by Gasteiger charge is -2.07. The van der Waals surface area contributed by atoms with Gasteiger partial charge in [-0.3, -0.25) is 0 Å². The normalized spacial score (nSPS) is 10.4.